The van der Waals surface area contributed by atoms with Crippen molar-refractivity contribution >= 4 is 52.2 Å². The third kappa shape index (κ3) is 9.64. The topological polar surface area (TPSA) is 139 Å². The number of carbonyl (C=O) groups is 4. The van der Waals surface area contributed by atoms with Crippen LogP contribution >= 0.6 is 12.2 Å². The van der Waals surface area contributed by atoms with Crippen LogP contribution < -0.4 is 19.9 Å². The predicted octanol–water partition coefficient (Wildman–Crippen LogP) is 5.80. The summed E-state index contributed by atoms with van der Waals surface area (Å²) in [6.45, 7) is 13.1. The van der Waals surface area contributed by atoms with E-state index >= 15 is 0 Å². The summed E-state index contributed by atoms with van der Waals surface area (Å²) in [6, 6.07) is 15.6. The Hall–Kier alpha value is -5.24. The molecule has 1 aromatic heterocycles. The molecule has 0 radical (unpaired) electrons. The van der Waals surface area contributed by atoms with E-state index in [1.807, 2.05) is 50.2 Å². The number of alkyl halides is 3. The number of aromatic nitrogens is 1. The molecule has 3 aliphatic rings. The van der Waals surface area contributed by atoms with Crippen molar-refractivity contribution in [3.63, 3.8) is 0 Å². The number of imide groups is 1. The van der Waals surface area contributed by atoms with Crippen LogP contribution in [0.4, 0.5) is 24.5 Å². The maximum Gasteiger partial charge on any atom is 0.419 e. The number of ether oxygens (including phenoxy) is 1. The Balaban J connectivity index is 1.03. The minimum absolute atomic E-state index is 0.0158. The number of piperazine rings is 1. The number of halogens is 3. The summed E-state index contributed by atoms with van der Waals surface area (Å²) in [5.41, 5.74) is -0.166. The molecule has 4 heterocycles. The number of pyridine rings is 1. The molecule has 59 heavy (non-hydrogen) atoms. The van der Waals surface area contributed by atoms with Crippen LogP contribution in [0.15, 0.2) is 54.7 Å². The molecule has 0 bridgehead atoms. The molecule has 3 aliphatic heterocycles. The van der Waals surface area contributed by atoms with Gasteiger partial charge in [0.25, 0.3) is 5.91 Å². The molecule has 2 atom stereocenters. The van der Waals surface area contributed by atoms with Crippen LogP contribution in [-0.2, 0) is 38.2 Å². The molecule has 0 saturated carbocycles. The summed E-state index contributed by atoms with van der Waals surface area (Å²) in [4.78, 5) is 61.5. The Morgan fingerprint density at radius 2 is 1.83 bits per heavy atom. The van der Waals surface area contributed by atoms with Crippen molar-refractivity contribution in [1.82, 2.24) is 20.1 Å². The van der Waals surface area contributed by atoms with Gasteiger partial charge < -0.3 is 9.64 Å². The zero-order chi connectivity index (χ0) is 42.8. The highest BCUT2D eigenvalue weighted by molar-refractivity contribution is 7.81. The van der Waals surface area contributed by atoms with Crippen molar-refractivity contribution in [2.75, 3.05) is 49.1 Å². The molecule has 12 nitrogen and oxygen atoms in total. The minimum Gasteiger partial charge on any atom is -0.492 e. The van der Waals surface area contributed by atoms with Gasteiger partial charge in [-0.05, 0) is 92.7 Å². The Labute approximate surface area is 347 Å². The van der Waals surface area contributed by atoms with E-state index < -0.39 is 28.9 Å². The number of amides is 3. The summed E-state index contributed by atoms with van der Waals surface area (Å²) in [6.07, 6.45) is -2.12. The van der Waals surface area contributed by atoms with Gasteiger partial charge in [-0.1, -0.05) is 38.1 Å². The van der Waals surface area contributed by atoms with Crippen LogP contribution in [-0.4, -0.2) is 94.3 Å². The van der Waals surface area contributed by atoms with Gasteiger partial charge in [0, 0.05) is 56.7 Å². The average Bonchev–Trinajstić information content (AvgIpc) is 3.35. The number of thiocarbonyl (C=S) groups is 1. The molecule has 312 valence electrons. The fraction of sp³-hybridized carbons (Fsp3) is 0.465. The molecular formula is C43H48F3N7O5S. The van der Waals surface area contributed by atoms with Crippen molar-refractivity contribution in [2.45, 2.75) is 84.0 Å². The van der Waals surface area contributed by atoms with E-state index in [1.165, 1.54) is 6.07 Å². The first-order valence-corrected chi connectivity index (χ1v) is 20.1. The number of nitriles is 1. The summed E-state index contributed by atoms with van der Waals surface area (Å²) in [7, 11) is 0. The fourth-order valence-corrected chi connectivity index (χ4v) is 8.50. The third-order valence-electron chi connectivity index (χ3n) is 11.2. The first-order chi connectivity index (χ1) is 27.9. The summed E-state index contributed by atoms with van der Waals surface area (Å²) in [5.74, 6) is -0.464. The Kier molecular flexibility index (Phi) is 12.9. The summed E-state index contributed by atoms with van der Waals surface area (Å²) >= 11 is 5.72. The van der Waals surface area contributed by atoms with Gasteiger partial charge in [0.1, 0.15) is 24.0 Å². The molecule has 3 aromatic rings. The SMILES string of the molecule is CC(C)c1cc(N2C(=S)N(c3cnc(C#N)c(C(F)(F)F)c3)C(=O)C2(C)C)ccc1OCCN1CCN(CC(=O)Cc2cccc(CC3CCC(=O)NC3=O)c2)[C@H](C)C1. The fourth-order valence-electron chi connectivity index (χ4n) is 7.98. The van der Waals surface area contributed by atoms with Gasteiger partial charge in [0.2, 0.25) is 11.8 Å². The van der Waals surface area contributed by atoms with Crippen LogP contribution in [0.1, 0.15) is 81.3 Å². The van der Waals surface area contributed by atoms with E-state index in [1.54, 1.807) is 24.8 Å². The second-order valence-electron chi connectivity index (χ2n) is 16.2. The van der Waals surface area contributed by atoms with Gasteiger partial charge in [-0.25, -0.2) is 4.98 Å². The smallest absolute Gasteiger partial charge is 0.419 e. The predicted molar refractivity (Wildman–Crippen MR) is 219 cm³/mol. The quantitative estimate of drug-likeness (QED) is 0.165. The lowest BCUT2D eigenvalue weighted by atomic mass is 9.90. The van der Waals surface area contributed by atoms with E-state index in [4.69, 9.17) is 17.0 Å². The molecule has 1 unspecified atom stereocenters. The van der Waals surface area contributed by atoms with Gasteiger partial charge in [0.05, 0.1) is 24.0 Å². The standard InChI is InChI=1S/C43H48F3N7O5S/c1-26(2)34-20-31(53-41(59)52(40(57)42(53,4)5)32-21-35(43(44,45)46)36(22-47)48-23-32)10-11-37(34)58-16-15-50-13-14-51(27(3)24-50)25-33(54)19-29-8-6-7-28(17-29)18-30-9-12-38(55)49-39(30)56/h6-8,10-11,17,20-21,23,26-27,30H,9,12-16,18-19,24-25H2,1-5H3,(H,49,55,56)/t27-,30?/m1/s1. The van der Waals surface area contributed by atoms with Crippen molar-refractivity contribution < 1.29 is 37.1 Å². The van der Waals surface area contributed by atoms with Crippen molar-refractivity contribution in [3.05, 3.63) is 82.7 Å². The van der Waals surface area contributed by atoms with Crippen LogP contribution in [0.25, 0.3) is 0 Å². The average molecular weight is 832 g/mol. The molecule has 2 aromatic carbocycles. The molecule has 3 saturated heterocycles. The number of rotatable bonds is 13. The summed E-state index contributed by atoms with van der Waals surface area (Å²) < 4.78 is 47.6. The number of ketones is 1. The largest absolute Gasteiger partial charge is 0.492 e. The van der Waals surface area contributed by atoms with E-state index in [-0.39, 0.29) is 46.3 Å². The number of nitrogens with one attached hydrogen (secondary N) is 1. The molecule has 3 fully saturated rings. The molecule has 3 amide bonds. The lowest BCUT2D eigenvalue weighted by Gasteiger charge is -2.39. The lowest BCUT2D eigenvalue weighted by molar-refractivity contribution is -0.138. The Morgan fingerprint density at radius 1 is 1.08 bits per heavy atom. The number of nitrogens with zero attached hydrogens (tertiary/aromatic N) is 6. The minimum atomic E-state index is -4.86. The second-order valence-corrected chi connectivity index (χ2v) is 16.6. The van der Waals surface area contributed by atoms with Crippen LogP contribution in [0, 0.1) is 17.2 Å². The van der Waals surface area contributed by atoms with Crippen LogP contribution in [0.3, 0.4) is 0 Å². The molecule has 0 aliphatic carbocycles. The normalized spacial score (nSPS) is 20.3. The molecule has 6 rings (SSSR count). The maximum absolute atomic E-state index is 13.8. The monoisotopic (exact) mass is 831 g/mol. The van der Waals surface area contributed by atoms with E-state index in [0.29, 0.717) is 56.8 Å². The lowest BCUT2D eigenvalue weighted by Crippen LogP contribution is -2.53. The van der Waals surface area contributed by atoms with Crippen LogP contribution in [0.5, 0.6) is 5.75 Å². The van der Waals surface area contributed by atoms with E-state index in [2.05, 4.69) is 27.0 Å². The second kappa shape index (κ2) is 17.5. The van der Waals surface area contributed by atoms with Gasteiger partial charge in [-0.2, -0.15) is 18.4 Å². The van der Waals surface area contributed by atoms with E-state index in [0.717, 1.165) is 53.5 Å². The molecule has 16 heteroatoms. The summed E-state index contributed by atoms with van der Waals surface area (Å²) in [5, 5.41) is 11.6. The number of benzene rings is 2. The number of hydrogen-bond donors (Lipinski definition) is 1. The Morgan fingerprint density at radius 3 is 2.51 bits per heavy atom. The number of Topliss-reactive ketones (excluding diaryl/α,β-unsaturated/α-hetero) is 1. The van der Waals surface area contributed by atoms with Gasteiger partial charge in [-0.3, -0.25) is 39.2 Å². The highest BCUT2D eigenvalue weighted by atomic mass is 32.1. The van der Waals surface area contributed by atoms with Crippen molar-refractivity contribution in [1.29, 1.82) is 5.26 Å². The van der Waals surface area contributed by atoms with E-state index in [9.17, 15) is 37.6 Å². The van der Waals surface area contributed by atoms with Gasteiger partial charge >= 0.3 is 6.18 Å². The zero-order valence-electron chi connectivity index (χ0n) is 33.8. The molecular weight excluding hydrogens is 784 g/mol. The zero-order valence-corrected chi connectivity index (χ0v) is 34.6. The number of hydrogen-bond acceptors (Lipinski definition) is 10. The van der Waals surface area contributed by atoms with Crippen molar-refractivity contribution in [2.24, 2.45) is 5.92 Å². The number of carbonyl (C=O) groups excluding carboxylic acids is 4. The highest BCUT2D eigenvalue weighted by Crippen LogP contribution is 2.41. The molecule has 0 spiro atoms. The first kappa shape index (κ1) is 43.3. The van der Waals surface area contributed by atoms with Crippen LogP contribution in [0.2, 0.25) is 0 Å². The number of anilines is 2. The third-order valence-corrected chi connectivity index (χ3v) is 11.6. The highest BCUT2D eigenvalue weighted by Gasteiger charge is 2.51. The van der Waals surface area contributed by atoms with Gasteiger partial charge in [0.15, 0.2) is 16.6 Å². The first-order valence-electron chi connectivity index (χ1n) is 19.7. The van der Waals surface area contributed by atoms with Gasteiger partial charge in [-0.15, -0.1) is 0 Å². The van der Waals surface area contributed by atoms with Crippen molar-refractivity contribution in [3.8, 4) is 11.8 Å². The Bertz CT molecular complexity index is 2190. The maximum atomic E-state index is 13.8. The molecule has 1 N–H and O–H groups in total. The number of piperidine rings is 1.